The van der Waals surface area contributed by atoms with Crippen LogP contribution in [-0.2, 0) is 6.42 Å². The zero-order valence-corrected chi connectivity index (χ0v) is 10.2. The Hall–Kier alpha value is -1.80. The molecule has 0 atom stereocenters. The maximum absolute atomic E-state index is 12.0. The third-order valence-corrected chi connectivity index (χ3v) is 3.80. The van der Waals surface area contributed by atoms with Crippen LogP contribution in [0, 0.1) is 0 Å². The molecule has 2 N–H and O–H groups in total. The fourth-order valence-corrected chi connectivity index (χ4v) is 2.76. The molecule has 0 radical (unpaired) electrons. The molecule has 0 unspecified atom stereocenters. The Morgan fingerprint density at radius 1 is 1.41 bits per heavy atom. The molecule has 3 aromatic heterocycles. The van der Waals surface area contributed by atoms with Gasteiger partial charge in [-0.1, -0.05) is 17.4 Å². The van der Waals surface area contributed by atoms with Crippen LogP contribution in [-0.4, -0.2) is 19.8 Å². The zero-order chi connectivity index (χ0) is 11.8. The molecule has 8 heteroatoms. The predicted octanol–water partition coefficient (Wildman–Crippen LogP) is 0.780. The van der Waals surface area contributed by atoms with E-state index in [1.54, 1.807) is 11.3 Å². The van der Waals surface area contributed by atoms with E-state index in [1.165, 1.54) is 4.52 Å². The summed E-state index contributed by atoms with van der Waals surface area (Å²) in [6.07, 6.45) is 0.476. The number of nitrogens with zero attached hydrogens (tertiary/aromatic N) is 4. The summed E-state index contributed by atoms with van der Waals surface area (Å²) >= 11 is 2.72. The molecule has 3 aromatic rings. The predicted molar refractivity (Wildman–Crippen MR) is 66.5 cm³/mol. The van der Waals surface area contributed by atoms with Gasteiger partial charge in [0.1, 0.15) is 5.69 Å². The van der Waals surface area contributed by atoms with E-state index in [0.717, 1.165) is 16.2 Å². The van der Waals surface area contributed by atoms with Gasteiger partial charge in [0.05, 0.1) is 0 Å². The van der Waals surface area contributed by atoms with Crippen LogP contribution in [0.2, 0.25) is 0 Å². The molecule has 6 nitrogen and oxygen atoms in total. The summed E-state index contributed by atoms with van der Waals surface area (Å²) in [4.78, 5) is 13.5. The van der Waals surface area contributed by atoms with Gasteiger partial charge >= 0.3 is 0 Å². The lowest BCUT2D eigenvalue weighted by atomic mass is 10.3. The van der Waals surface area contributed by atoms with Gasteiger partial charge in [0.15, 0.2) is 0 Å². The number of thiophene rings is 1. The fourth-order valence-electron chi connectivity index (χ4n) is 1.45. The topological polar surface area (TPSA) is 86.2 Å². The van der Waals surface area contributed by atoms with Crippen molar-refractivity contribution in [2.24, 2.45) is 0 Å². The quantitative estimate of drug-likeness (QED) is 0.740. The van der Waals surface area contributed by atoms with Crippen molar-refractivity contribution in [2.45, 2.75) is 6.42 Å². The molecule has 3 heterocycles. The van der Waals surface area contributed by atoms with E-state index in [-0.39, 0.29) is 5.56 Å². The van der Waals surface area contributed by atoms with Gasteiger partial charge in [0.2, 0.25) is 10.1 Å². The summed E-state index contributed by atoms with van der Waals surface area (Å²) in [5, 5.41) is 14.0. The first kappa shape index (κ1) is 10.4. The molecule has 0 spiro atoms. The Balaban J connectivity index is 2.11. The third kappa shape index (κ3) is 1.81. The average molecular weight is 265 g/mol. The van der Waals surface area contributed by atoms with Crippen molar-refractivity contribution in [3.8, 4) is 0 Å². The van der Waals surface area contributed by atoms with Crippen LogP contribution in [0.1, 0.15) is 10.6 Å². The van der Waals surface area contributed by atoms with Gasteiger partial charge in [-0.3, -0.25) is 4.79 Å². The number of fused-ring (bicyclic) bond motifs is 1. The average Bonchev–Trinajstić information content (AvgIpc) is 2.91. The number of anilines is 1. The Morgan fingerprint density at radius 3 is 3.06 bits per heavy atom. The van der Waals surface area contributed by atoms with E-state index in [1.807, 2.05) is 17.5 Å². The second-order valence-corrected chi connectivity index (χ2v) is 5.36. The molecule has 0 aromatic carbocycles. The summed E-state index contributed by atoms with van der Waals surface area (Å²) in [6, 6.07) is 3.89. The lowest BCUT2D eigenvalue weighted by Crippen LogP contribution is -2.22. The minimum atomic E-state index is -0.253. The van der Waals surface area contributed by atoms with E-state index >= 15 is 0 Å². The van der Waals surface area contributed by atoms with Crippen molar-refractivity contribution >= 4 is 32.8 Å². The standard InChI is InChI=1S/C9H7N5OS2/c10-8-13-14-7(15)6(11-12-9(14)17-8)4-5-2-1-3-16-5/h1-3H,4H2,(H2,10,13). The highest BCUT2D eigenvalue weighted by molar-refractivity contribution is 7.20. The lowest BCUT2D eigenvalue weighted by molar-refractivity contribution is 0.813. The van der Waals surface area contributed by atoms with E-state index < -0.39 is 0 Å². The Kier molecular flexibility index (Phi) is 2.37. The molecule has 0 aliphatic carbocycles. The van der Waals surface area contributed by atoms with E-state index in [4.69, 9.17) is 5.73 Å². The van der Waals surface area contributed by atoms with Gasteiger partial charge in [-0.2, -0.15) is 4.52 Å². The molecular formula is C9H7N5OS2. The monoisotopic (exact) mass is 265 g/mol. The van der Waals surface area contributed by atoms with Crippen molar-refractivity contribution in [1.29, 1.82) is 0 Å². The van der Waals surface area contributed by atoms with Crippen LogP contribution in [0.5, 0.6) is 0 Å². The van der Waals surface area contributed by atoms with Gasteiger partial charge in [0.25, 0.3) is 5.56 Å². The molecule has 17 heavy (non-hydrogen) atoms. The third-order valence-electron chi connectivity index (χ3n) is 2.19. The van der Waals surface area contributed by atoms with Crippen LogP contribution in [0.25, 0.3) is 4.96 Å². The van der Waals surface area contributed by atoms with Crippen molar-refractivity contribution in [3.63, 3.8) is 0 Å². The molecule has 0 fully saturated rings. The lowest BCUT2D eigenvalue weighted by Gasteiger charge is -1.95. The second kappa shape index (κ2) is 3.90. The Labute approximate surface area is 103 Å². The number of nitrogen functional groups attached to an aromatic ring is 1. The van der Waals surface area contributed by atoms with Crippen LogP contribution < -0.4 is 11.3 Å². The summed E-state index contributed by atoms with van der Waals surface area (Å²) in [5.41, 5.74) is 5.66. The number of nitrogens with two attached hydrogens (primary N) is 1. The maximum atomic E-state index is 12.0. The van der Waals surface area contributed by atoms with Crippen molar-refractivity contribution in [2.75, 3.05) is 5.73 Å². The summed E-state index contributed by atoms with van der Waals surface area (Å²) < 4.78 is 1.20. The SMILES string of the molecule is Nc1nn2c(=O)c(Cc3cccs3)nnc2s1. The first-order chi connectivity index (χ1) is 8.24. The maximum Gasteiger partial charge on any atom is 0.297 e. The molecular weight excluding hydrogens is 258 g/mol. The number of rotatable bonds is 2. The molecule has 0 amide bonds. The summed E-state index contributed by atoms with van der Waals surface area (Å²) in [6.45, 7) is 0. The minimum Gasteiger partial charge on any atom is -0.374 e. The summed E-state index contributed by atoms with van der Waals surface area (Å²) in [5.74, 6) is 0. The number of aromatic nitrogens is 4. The largest absolute Gasteiger partial charge is 0.374 e. The highest BCUT2D eigenvalue weighted by Gasteiger charge is 2.11. The van der Waals surface area contributed by atoms with Crippen LogP contribution in [0.15, 0.2) is 22.3 Å². The van der Waals surface area contributed by atoms with Crippen molar-refractivity contribution in [1.82, 2.24) is 19.8 Å². The van der Waals surface area contributed by atoms with Gasteiger partial charge in [0, 0.05) is 11.3 Å². The fraction of sp³-hybridized carbons (Fsp3) is 0.111. The Morgan fingerprint density at radius 2 is 2.29 bits per heavy atom. The molecule has 0 bridgehead atoms. The second-order valence-electron chi connectivity index (χ2n) is 3.34. The molecule has 0 saturated carbocycles. The van der Waals surface area contributed by atoms with Gasteiger partial charge in [-0.15, -0.1) is 26.6 Å². The van der Waals surface area contributed by atoms with E-state index in [0.29, 0.717) is 22.2 Å². The number of hydrogen-bond donors (Lipinski definition) is 1. The van der Waals surface area contributed by atoms with Crippen molar-refractivity contribution < 1.29 is 0 Å². The summed E-state index contributed by atoms with van der Waals surface area (Å²) in [7, 11) is 0. The van der Waals surface area contributed by atoms with Crippen LogP contribution >= 0.6 is 22.7 Å². The smallest absolute Gasteiger partial charge is 0.297 e. The van der Waals surface area contributed by atoms with Crippen molar-refractivity contribution in [3.05, 3.63) is 38.4 Å². The molecule has 86 valence electrons. The molecule has 3 rings (SSSR count). The highest BCUT2D eigenvalue weighted by atomic mass is 32.1. The van der Waals surface area contributed by atoms with Gasteiger partial charge in [-0.05, 0) is 11.4 Å². The van der Waals surface area contributed by atoms with Crippen LogP contribution in [0.4, 0.5) is 5.13 Å². The molecule has 0 saturated heterocycles. The normalized spacial score (nSPS) is 11.1. The highest BCUT2D eigenvalue weighted by Crippen LogP contribution is 2.13. The zero-order valence-electron chi connectivity index (χ0n) is 8.53. The number of hydrogen-bond acceptors (Lipinski definition) is 7. The van der Waals surface area contributed by atoms with E-state index in [2.05, 4.69) is 15.3 Å². The Bertz CT molecular complexity index is 715. The first-order valence-electron chi connectivity index (χ1n) is 4.77. The van der Waals surface area contributed by atoms with E-state index in [9.17, 15) is 4.79 Å². The van der Waals surface area contributed by atoms with Crippen LogP contribution in [0.3, 0.4) is 0 Å². The minimum absolute atomic E-state index is 0.253. The first-order valence-corrected chi connectivity index (χ1v) is 6.47. The van der Waals surface area contributed by atoms with Gasteiger partial charge < -0.3 is 5.73 Å². The van der Waals surface area contributed by atoms with Gasteiger partial charge in [-0.25, -0.2) is 0 Å². The molecule has 0 aliphatic heterocycles. The molecule has 0 aliphatic rings.